The molecule has 0 unspecified atom stereocenters. The molecule has 21 heavy (non-hydrogen) atoms. The summed E-state index contributed by atoms with van der Waals surface area (Å²) in [5.74, 6) is 0.0254. The number of nitrogens with zero attached hydrogens (tertiary/aromatic N) is 1. The van der Waals surface area contributed by atoms with Gasteiger partial charge in [-0.2, -0.15) is 0 Å². The van der Waals surface area contributed by atoms with E-state index in [0.29, 0.717) is 26.2 Å². The Kier molecular flexibility index (Phi) is 13.7. The van der Waals surface area contributed by atoms with Crippen LogP contribution in [0.15, 0.2) is 0 Å². The predicted molar refractivity (Wildman–Crippen MR) is 88.7 cm³/mol. The van der Waals surface area contributed by atoms with E-state index in [1.165, 1.54) is 0 Å². The number of ether oxygens (including phenoxy) is 2. The molecule has 1 aliphatic rings. The van der Waals surface area contributed by atoms with Crippen LogP contribution in [0.4, 0.5) is 0 Å². The summed E-state index contributed by atoms with van der Waals surface area (Å²) in [6.45, 7) is 9.99. The highest BCUT2D eigenvalue weighted by atomic mass is 35.5. The fourth-order valence-corrected chi connectivity index (χ4v) is 2.03. The van der Waals surface area contributed by atoms with Gasteiger partial charge in [-0.3, -0.25) is 9.69 Å². The number of carbonyl (C=O) groups excluding carboxylic acids is 1. The first-order chi connectivity index (χ1) is 9.06. The van der Waals surface area contributed by atoms with E-state index in [1.807, 2.05) is 0 Å². The molecule has 0 saturated carbocycles. The second kappa shape index (κ2) is 12.4. The molecule has 0 aromatic carbocycles. The monoisotopic (exact) mass is 345 g/mol. The number of amides is 1. The zero-order valence-electron chi connectivity index (χ0n) is 13.1. The van der Waals surface area contributed by atoms with Crippen molar-refractivity contribution in [3.8, 4) is 0 Å². The largest absolute Gasteiger partial charge is 0.383 e. The molecule has 1 heterocycles. The molecule has 1 aliphatic heterocycles. The van der Waals surface area contributed by atoms with E-state index < -0.39 is 0 Å². The van der Waals surface area contributed by atoms with Crippen LogP contribution in [0.25, 0.3) is 0 Å². The lowest BCUT2D eigenvalue weighted by Crippen LogP contribution is -2.56. The molecule has 1 fully saturated rings. The van der Waals surface area contributed by atoms with Gasteiger partial charge in [-0.05, 0) is 13.8 Å². The average molecular weight is 346 g/mol. The molecule has 0 aromatic rings. The van der Waals surface area contributed by atoms with Gasteiger partial charge in [0.15, 0.2) is 0 Å². The summed E-state index contributed by atoms with van der Waals surface area (Å²) in [4.78, 5) is 14.0. The van der Waals surface area contributed by atoms with Crippen molar-refractivity contribution in [1.82, 2.24) is 15.5 Å². The fraction of sp³-hybridized carbons (Fsp3) is 0.923. The second-order valence-corrected chi connectivity index (χ2v) is 5.36. The molecule has 0 radical (unpaired) electrons. The third-order valence-corrected chi connectivity index (χ3v) is 3.35. The maximum absolute atomic E-state index is 11.7. The van der Waals surface area contributed by atoms with Crippen LogP contribution in [0.5, 0.6) is 0 Å². The van der Waals surface area contributed by atoms with E-state index >= 15 is 0 Å². The van der Waals surface area contributed by atoms with Gasteiger partial charge in [0.2, 0.25) is 5.91 Å². The number of morpholine rings is 1. The summed E-state index contributed by atoms with van der Waals surface area (Å²) in [6, 6.07) is 0. The number of rotatable bonds is 8. The molecule has 0 aliphatic carbocycles. The first kappa shape index (κ1) is 23.2. The van der Waals surface area contributed by atoms with Crippen molar-refractivity contribution in [1.29, 1.82) is 0 Å². The Morgan fingerprint density at radius 2 is 1.90 bits per heavy atom. The van der Waals surface area contributed by atoms with Crippen molar-refractivity contribution in [2.24, 2.45) is 0 Å². The van der Waals surface area contributed by atoms with Crippen molar-refractivity contribution in [3.05, 3.63) is 0 Å². The van der Waals surface area contributed by atoms with E-state index in [1.54, 1.807) is 7.11 Å². The number of methoxy groups -OCH3 is 1. The van der Waals surface area contributed by atoms with Crippen LogP contribution in [-0.4, -0.2) is 76.0 Å². The van der Waals surface area contributed by atoms with Crippen molar-refractivity contribution in [2.75, 3.05) is 59.7 Å². The third kappa shape index (κ3) is 9.50. The highest BCUT2D eigenvalue weighted by molar-refractivity contribution is 5.85. The minimum absolute atomic E-state index is 0. The Labute approximate surface area is 140 Å². The molecule has 128 valence electrons. The first-order valence-electron chi connectivity index (χ1n) is 6.85. The van der Waals surface area contributed by atoms with Crippen LogP contribution in [-0.2, 0) is 14.3 Å². The molecule has 1 amide bonds. The predicted octanol–water partition coefficient (Wildman–Crippen LogP) is 0.293. The van der Waals surface area contributed by atoms with Gasteiger partial charge in [-0.25, -0.2) is 0 Å². The maximum Gasteiger partial charge on any atom is 0.234 e. The van der Waals surface area contributed by atoms with Gasteiger partial charge in [0, 0.05) is 38.8 Å². The first-order valence-corrected chi connectivity index (χ1v) is 6.85. The minimum atomic E-state index is -0.0357. The van der Waals surface area contributed by atoms with Gasteiger partial charge >= 0.3 is 0 Å². The van der Waals surface area contributed by atoms with Crippen LogP contribution in [0.3, 0.4) is 0 Å². The number of halogens is 2. The van der Waals surface area contributed by atoms with E-state index in [9.17, 15) is 4.79 Å². The summed E-state index contributed by atoms with van der Waals surface area (Å²) in [5.41, 5.74) is -0.0357. The molecule has 2 N–H and O–H groups in total. The van der Waals surface area contributed by atoms with Gasteiger partial charge in [0.1, 0.15) is 0 Å². The van der Waals surface area contributed by atoms with Crippen LogP contribution >= 0.6 is 24.8 Å². The standard InChI is InChI=1S/C13H27N3O3.2ClH/c1-13(2,16-5-8-19-9-6-16)11-15-12(17)10-14-4-7-18-3;;/h14H,4-11H2,1-3H3,(H,15,17);2*1H. The van der Waals surface area contributed by atoms with Gasteiger partial charge in [-0.1, -0.05) is 0 Å². The number of hydrogen-bond donors (Lipinski definition) is 2. The molecule has 1 saturated heterocycles. The highest BCUT2D eigenvalue weighted by Gasteiger charge is 2.28. The summed E-state index contributed by atoms with van der Waals surface area (Å²) in [5, 5.41) is 6.00. The number of hydrogen-bond acceptors (Lipinski definition) is 5. The van der Waals surface area contributed by atoms with Gasteiger partial charge in [0.25, 0.3) is 0 Å². The van der Waals surface area contributed by atoms with Gasteiger partial charge in [0.05, 0.1) is 26.4 Å². The highest BCUT2D eigenvalue weighted by Crippen LogP contribution is 2.14. The smallest absolute Gasteiger partial charge is 0.234 e. The lowest BCUT2D eigenvalue weighted by molar-refractivity contribution is -0.121. The lowest BCUT2D eigenvalue weighted by atomic mass is 10.0. The minimum Gasteiger partial charge on any atom is -0.383 e. The van der Waals surface area contributed by atoms with Crippen molar-refractivity contribution >= 4 is 30.7 Å². The van der Waals surface area contributed by atoms with Crippen LogP contribution in [0.2, 0.25) is 0 Å². The number of carbonyl (C=O) groups is 1. The fourth-order valence-electron chi connectivity index (χ4n) is 2.03. The van der Waals surface area contributed by atoms with Crippen LogP contribution < -0.4 is 10.6 Å². The van der Waals surface area contributed by atoms with E-state index in [2.05, 4.69) is 29.4 Å². The lowest BCUT2D eigenvalue weighted by Gasteiger charge is -2.40. The normalized spacial score (nSPS) is 15.8. The molecule has 0 spiro atoms. The average Bonchev–Trinajstić information content (AvgIpc) is 2.42. The van der Waals surface area contributed by atoms with E-state index in [0.717, 1.165) is 26.3 Å². The Morgan fingerprint density at radius 3 is 2.48 bits per heavy atom. The van der Waals surface area contributed by atoms with Crippen molar-refractivity contribution in [3.63, 3.8) is 0 Å². The molecular weight excluding hydrogens is 317 g/mol. The Bertz CT molecular complexity index is 275. The third-order valence-electron chi connectivity index (χ3n) is 3.35. The Balaban J connectivity index is 0. The summed E-state index contributed by atoms with van der Waals surface area (Å²) >= 11 is 0. The SMILES string of the molecule is COCCNCC(=O)NCC(C)(C)N1CCOCC1.Cl.Cl. The molecule has 6 nitrogen and oxygen atoms in total. The van der Waals surface area contributed by atoms with E-state index in [4.69, 9.17) is 9.47 Å². The van der Waals surface area contributed by atoms with Crippen molar-refractivity contribution < 1.29 is 14.3 Å². The summed E-state index contributed by atoms with van der Waals surface area (Å²) < 4.78 is 10.3. The van der Waals surface area contributed by atoms with E-state index in [-0.39, 0.29) is 36.3 Å². The number of nitrogens with one attached hydrogen (secondary N) is 2. The zero-order valence-corrected chi connectivity index (χ0v) is 14.8. The Morgan fingerprint density at radius 1 is 1.29 bits per heavy atom. The van der Waals surface area contributed by atoms with Gasteiger partial charge in [-0.15, -0.1) is 24.8 Å². The molecular formula is C13H29Cl2N3O3. The topological polar surface area (TPSA) is 62.8 Å². The zero-order chi connectivity index (χ0) is 14.1. The quantitative estimate of drug-likeness (QED) is 0.619. The summed E-state index contributed by atoms with van der Waals surface area (Å²) in [6.07, 6.45) is 0. The van der Waals surface area contributed by atoms with Crippen LogP contribution in [0.1, 0.15) is 13.8 Å². The molecule has 8 heteroatoms. The molecule has 0 bridgehead atoms. The molecule has 1 rings (SSSR count). The Hall–Kier alpha value is -0.110. The summed E-state index contributed by atoms with van der Waals surface area (Å²) in [7, 11) is 1.65. The van der Waals surface area contributed by atoms with Gasteiger partial charge < -0.3 is 20.1 Å². The molecule has 0 atom stereocenters. The maximum atomic E-state index is 11.7. The second-order valence-electron chi connectivity index (χ2n) is 5.36. The van der Waals surface area contributed by atoms with Crippen molar-refractivity contribution in [2.45, 2.75) is 19.4 Å². The van der Waals surface area contributed by atoms with Crippen LogP contribution in [0, 0.1) is 0 Å². The molecule has 0 aromatic heterocycles.